The zero-order valence-electron chi connectivity index (χ0n) is 12.5. The summed E-state index contributed by atoms with van der Waals surface area (Å²) in [7, 11) is 1.56. The second-order valence-corrected chi connectivity index (χ2v) is 5.25. The summed E-state index contributed by atoms with van der Waals surface area (Å²) in [5, 5.41) is 11.7. The maximum absolute atomic E-state index is 12.1. The van der Waals surface area contributed by atoms with Crippen LogP contribution in [-0.2, 0) is 9.53 Å². The fourth-order valence-corrected chi connectivity index (χ4v) is 1.71. The van der Waals surface area contributed by atoms with Gasteiger partial charge < -0.3 is 20.1 Å². The van der Waals surface area contributed by atoms with Gasteiger partial charge in [-0.3, -0.25) is 0 Å². The lowest BCUT2D eigenvalue weighted by Crippen LogP contribution is -2.51. The molecule has 1 atom stereocenters. The summed E-state index contributed by atoms with van der Waals surface area (Å²) in [6, 6.07) is -1.22. The average molecular weight is 274 g/mol. The first-order valence-corrected chi connectivity index (χ1v) is 6.58. The van der Waals surface area contributed by atoms with Crippen LogP contribution in [0.2, 0.25) is 0 Å². The molecule has 0 saturated heterocycles. The number of nitrogens with zero attached hydrogens (tertiary/aromatic N) is 1. The highest BCUT2D eigenvalue weighted by Crippen LogP contribution is 2.07. The standard InChI is InChI=1S/C13H26N2O4/c1-9(2)8-11(12(16)17)14-13(18)15(10(3)4)6-7-19-5/h9-11H,6-8H2,1-5H3,(H,14,18)(H,16,17). The first kappa shape index (κ1) is 17.7. The largest absolute Gasteiger partial charge is 0.480 e. The molecule has 0 aromatic rings. The molecule has 6 heteroatoms. The summed E-state index contributed by atoms with van der Waals surface area (Å²) in [6.07, 6.45) is 0.414. The number of methoxy groups -OCH3 is 1. The van der Waals surface area contributed by atoms with Crippen molar-refractivity contribution >= 4 is 12.0 Å². The molecule has 6 nitrogen and oxygen atoms in total. The van der Waals surface area contributed by atoms with Gasteiger partial charge in [0.2, 0.25) is 0 Å². The molecule has 112 valence electrons. The van der Waals surface area contributed by atoms with Crippen LogP contribution in [0.15, 0.2) is 0 Å². The van der Waals surface area contributed by atoms with Gasteiger partial charge in [-0.05, 0) is 26.2 Å². The highest BCUT2D eigenvalue weighted by molar-refractivity contribution is 5.82. The quantitative estimate of drug-likeness (QED) is 0.704. The van der Waals surface area contributed by atoms with Crippen molar-refractivity contribution < 1.29 is 19.4 Å². The van der Waals surface area contributed by atoms with Crippen LogP contribution in [0.4, 0.5) is 4.79 Å². The summed E-state index contributed by atoms with van der Waals surface area (Å²) in [5.74, 6) is -0.801. The molecular weight excluding hydrogens is 248 g/mol. The van der Waals surface area contributed by atoms with E-state index in [0.29, 0.717) is 19.6 Å². The molecule has 0 aliphatic rings. The van der Waals surface area contributed by atoms with Gasteiger partial charge in [0, 0.05) is 19.7 Å². The van der Waals surface area contributed by atoms with Crippen LogP contribution in [-0.4, -0.2) is 54.4 Å². The van der Waals surface area contributed by atoms with E-state index in [1.54, 1.807) is 12.0 Å². The Morgan fingerprint density at radius 3 is 2.21 bits per heavy atom. The van der Waals surface area contributed by atoms with E-state index in [9.17, 15) is 9.59 Å². The Hall–Kier alpha value is -1.30. The Balaban J connectivity index is 4.61. The highest BCUT2D eigenvalue weighted by atomic mass is 16.5. The van der Waals surface area contributed by atoms with Crippen molar-refractivity contribution in [1.82, 2.24) is 10.2 Å². The van der Waals surface area contributed by atoms with Crippen molar-refractivity contribution in [3.63, 3.8) is 0 Å². The third-order valence-electron chi connectivity index (χ3n) is 2.72. The van der Waals surface area contributed by atoms with Crippen molar-refractivity contribution in [2.75, 3.05) is 20.3 Å². The van der Waals surface area contributed by atoms with Crippen LogP contribution in [0.25, 0.3) is 0 Å². The lowest BCUT2D eigenvalue weighted by molar-refractivity contribution is -0.139. The van der Waals surface area contributed by atoms with Gasteiger partial charge in [-0.1, -0.05) is 13.8 Å². The van der Waals surface area contributed by atoms with Gasteiger partial charge >= 0.3 is 12.0 Å². The molecule has 0 aromatic heterocycles. The van der Waals surface area contributed by atoms with Gasteiger partial charge in [0.25, 0.3) is 0 Å². The number of carboxylic acids is 1. The van der Waals surface area contributed by atoms with Crippen LogP contribution in [0.5, 0.6) is 0 Å². The summed E-state index contributed by atoms with van der Waals surface area (Å²) in [6.45, 7) is 8.48. The Morgan fingerprint density at radius 1 is 1.26 bits per heavy atom. The minimum Gasteiger partial charge on any atom is -0.480 e. The monoisotopic (exact) mass is 274 g/mol. The molecule has 0 rings (SSSR count). The molecule has 0 saturated carbocycles. The maximum atomic E-state index is 12.1. The SMILES string of the molecule is COCCN(C(=O)NC(CC(C)C)C(=O)O)C(C)C. The van der Waals surface area contributed by atoms with Gasteiger partial charge in [-0.2, -0.15) is 0 Å². The molecule has 0 radical (unpaired) electrons. The number of amides is 2. The Labute approximate surface area is 115 Å². The lowest BCUT2D eigenvalue weighted by Gasteiger charge is -2.28. The molecule has 1 unspecified atom stereocenters. The van der Waals surface area contributed by atoms with Crippen molar-refractivity contribution in [3.05, 3.63) is 0 Å². The molecule has 0 aliphatic heterocycles. The fourth-order valence-electron chi connectivity index (χ4n) is 1.71. The number of carbonyl (C=O) groups excluding carboxylic acids is 1. The van der Waals surface area contributed by atoms with E-state index < -0.39 is 12.0 Å². The smallest absolute Gasteiger partial charge is 0.326 e. The van der Waals surface area contributed by atoms with Gasteiger partial charge in [0.05, 0.1) is 6.61 Å². The van der Waals surface area contributed by atoms with Gasteiger partial charge in [-0.25, -0.2) is 9.59 Å². The number of hydrogen-bond donors (Lipinski definition) is 2. The van der Waals surface area contributed by atoms with Crippen molar-refractivity contribution in [2.45, 2.75) is 46.2 Å². The van der Waals surface area contributed by atoms with Crippen LogP contribution < -0.4 is 5.32 Å². The molecule has 0 heterocycles. The second-order valence-electron chi connectivity index (χ2n) is 5.25. The van der Waals surface area contributed by atoms with E-state index in [2.05, 4.69) is 5.32 Å². The van der Waals surface area contributed by atoms with E-state index in [0.717, 1.165) is 0 Å². The number of hydrogen-bond acceptors (Lipinski definition) is 3. The summed E-state index contributed by atoms with van der Waals surface area (Å²) >= 11 is 0. The topological polar surface area (TPSA) is 78.9 Å². The molecule has 19 heavy (non-hydrogen) atoms. The maximum Gasteiger partial charge on any atom is 0.326 e. The van der Waals surface area contributed by atoms with E-state index in [1.165, 1.54) is 0 Å². The third kappa shape index (κ3) is 7.00. The Kier molecular flexibility index (Phi) is 8.14. The minimum absolute atomic E-state index is 0.0105. The number of carboxylic acid groups (broad SMARTS) is 1. The van der Waals surface area contributed by atoms with Crippen LogP contribution in [0.3, 0.4) is 0 Å². The lowest BCUT2D eigenvalue weighted by atomic mass is 10.0. The first-order valence-electron chi connectivity index (χ1n) is 6.58. The van der Waals surface area contributed by atoms with E-state index in [1.807, 2.05) is 27.7 Å². The zero-order chi connectivity index (χ0) is 15.0. The number of rotatable bonds is 8. The molecule has 0 aromatic carbocycles. The van der Waals surface area contributed by atoms with Gasteiger partial charge in [0.1, 0.15) is 6.04 Å². The normalized spacial score (nSPS) is 12.6. The number of ether oxygens (including phenoxy) is 1. The molecule has 0 bridgehead atoms. The summed E-state index contributed by atoms with van der Waals surface area (Å²) in [4.78, 5) is 24.8. The van der Waals surface area contributed by atoms with Crippen molar-refractivity contribution in [3.8, 4) is 0 Å². The first-order chi connectivity index (χ1) is 8.79. The summed E-state index contributed by atoms with van der Waals surface area (Å²) in [5.41, 5.74) is 0. The van der Waals surface area contributed by atoms with E-state index >= 15 is 0 Å². The van der Waals surface area contributed by atoms with Gasteiger partial charge in [-0.15, -0.1) is 0 Å². The third-order valence-corrected chi connectivity index (χ3v) is 2.72. The van der Waals surface area contributed by atoms with Crippen molar-refractivity contribution in [1.29, 1.82) is 0 Å². The van der Waals surface area contributed by atoms with Crippen molar-refractivity contribution in [2.24, 2.45) is 5.92 Å². The number of carbonyl (C=O) groups is 2. The Bertz CT molecular complexity index is 292. The van der Waals surface area contributed by atoms with Gasteiger partial charge in [0.15, 0.2) is 0 Å². The molecule has 0 fully saturated rings. The predicted molar refractivity (Wildman–Crippen MR) is 73.1 cm³/mol. The van der Waals surface area contributed by atoms with E-state index in [-0.39, 0.29) is 18.0 Å². The Morgan fingerprint density at radius 2 is 1.84 bits per heavy atom. The fraction of sp³-hybridized carbons (Fsp3) is 0.846. The molecule has 2 N–H and O–H groups in total. The number of nitrogens with one attached hydrogen (secondary N) is 1. The summed E-state index contributed by atoms with van der Waals surface area (Å²) < 4.78 is 4.95. The number of urea groups is 1. The number of aliphatic carboxylic acids is 1. The molecular formula is C13H26N2O4. The van der Waals surface area contributed by atoms with Crippen LogP contribution in [0, 0.1) is 5.92 Å². The molecule has 0 spiro atoms. The molecule has 0 aliphatic carbocycles. The minimum atomic E-state index is -1.00. The predicted octanol–water partition coefficient (Wildman–Crippen LogP) is 1.55. The van der Waals surface area contributed by atoms with E-state index in [4.69, 9.17) is 9.84 Å². The second kappa shape index (κ2) is 8.74. The van der Waals surface area contributed by atoms with Crippen LogP contribution >= 0.6 is 0 Å². The highest BCUT2D eigenvalue weighted by Gasteiger charge is 2.24. The van der Waals surface area contributed by atoms with Crippen LogP contribution in [0.1, 0.15) is 34.1 Å². The average Bonchev–Trinajstić information content (AvgIpc) is 2.27. The zero-order valence-corrected chi connectivity index (χ0v) is 12.5. The molecule has 2 amide bonds.